The second-order valence-corrected chi connectivity index (χ2v) is 6.20. The van der Waals surface area contributed by atoms with E-state index < -0.39 is 0 Å². The SMILES string of the molecule is CCN1CC(NCCO)N(c2nc3c(OC)cccc3s2)C1=O. The van der Waals surface area contributed by atoms with Crippen molar-refractivity contribution in [3.63, 3.8) is 0 Å². The van der Waals surface area contributed by atoms with Crippen LogP contribution in [0.1, 0.15) is 6.92 Å². The molecule has 1 saturated heterocycles. The molecule has 2 aromatic rings. The molecule has 1 atom stereocenters. The molecule has 2 amide bonds. The first-order valence-electron chi connectivity index (χ1n) is 7.55. The number of likely N-dealkylation sites (N-methyl/N-ethyl adjacent to an activating group) is 1. The van der Waals surface area contributed by atoms with Crippen LogP contribution in [0.15, 0.2) is 18.2 Å². The fourth-order valence-electron chi connectivity index (χ4n) is 2.70. The van der Waals surface area contributed by atoms with Gasteiger partial charge in [0.15, 0.2) is 5.13 Å². The molecule has 1 fully saturated rings. The zero-order chi connectivity index (χ0) is 16.4. The molecule has 1 aromatic heterocycles. The molecule has 1 aliphatic rings. The summed E-state index contributed by atoms with van der Waals surface area (Å²) in [6.07, 6.45) is -0.193. The third kappa shape index (κ3) is 2.85. The number of hydrogen-bond acceptors (Lipinski definition) is 6. The van der Waals surface area contributed by atoms with Gasteiger partial charge in [0.1, 0.15) is 17.4 Å². The normalized spacial score (nSPS) is 18.2. The lowest BCUT2D eigenvalue weighted by atomic mass is 10.3. The van der Waals surface area contributed by atoms with Gasteiger partial charge in [-0.1, -0.05) is 17.4 Å². The zero-order valence-electron chi connectivity index (χ0n) is 13.2. The van der Waals surface area contributed by atoms with E-state index in [1.165, 1.54) is 11.3 Å². The number of urea groups is 1. The number of hydrogen-bond donors (Lipinski definition) is 2. The Balaban J connectivity index is 1.98. The van der Waals surface area contributed by atoms with Crippen LogP contribution >= 0.6 is 11.3 Å². The molecular weight excluding hydrogens is 316 g/mol. The van der Waals surface area contributed by atoms with Gasteiger partial charge in [0.05, 0.1) is 25.0 Å². The van der Waals surface area contributed by atoms with E-state index in [-0.39, 0.29) is 18.8 Å². The number of rotatable bonds is 6. The summed E-state index contributed by atoms with van der Waals surface area (Å²) in [6.45, 7) is 3.62. The van der Waals surface area contributed by atoms with Gasteiger partial charge in [0.2, 0.25) is 0 Å². The number of fused-ring (bicyclic) bond motifs is 1. The van der Waals surface area contributed by atoms with Gasteiger partial charge >= 0.3 is 6.03 Å². The fraction of sp³-hybridized carbons (Fsp3) is 0.467. The van der Waals surface area contributed by atoms with Crippen LogP contribution in [0.3, 0.4) is 0 Å². The third-order valence-corrected chi connectivity index (χ3v) is 4.87. The van der Waals surface area contributed by atoms with Crippen molar-refractivity contribution >= 4 is 32.7 Å². The van der Waals surface area contributed by atoms with Gasteiger partial charge in [-0.25, -0.2) is 9.78 Å². The number of carbonyl (C=O) groups is 1. The fourth-order valence-corrected chi connectivity index (χ4v) is 3.73. The van der Waals surface area contributed by atoms with Gasteiger partial charge in [0.25, 0.3) is 0 Å². The first-order chi connectivity index (χ1) is 11.2. The van der Waals surface area contributed by atoms with Crippen molar-refractivity contribution in [2.45, 2.75) is 13.1 Å². The lowest BCUT2D eigenvalue weighted by molar-refractivity contribution is 0.222. The van der Waals surface area contributed by atoms with Crippen LogP contribution < -0.4 is 15.0 Å². The molecule has 3 rings (SSSR count). The van der Waals surface area contributed by atoms with Crippen molar-refractivity contribution in [3.05, 3.63) is 18.2 Å². The molecule has 0 aliphatic carbocycles. The smallest absolute Gasteiger partial charge is 0.327 e. The number of thiazole rings is 1. The highest BCUT2D eigenvalue weighted by Crippen LogP contribution is 2.36. The molecule has 2 heterocycles. The van der Waals surface area contributed by atoms with Crippen LogP contribution in [-0.4, -0.2) is 60.5 Å². The van der Waals surface area contributed by atoms with Crippen LogP contribution in [-0.2, 0) is 0 Å². The lowest BCUT2D eigenvalue weighted by Gasteiger charge is -2.20. The summed E-state index contributed by atoms with van der Waals surface area (Å²) < 4.78 is 6.32. The molecule has 1 aromatic carbocycles. The summed E-state index contributed by atoms with van der Waals surface area (Å²) in [4.78, 5) is 20.7. The quantitative estimate of drug-likeness (QED) is 0.835. The monoisotopic (exact) mass is 336 g/mol. The van der Waals surface area contributed by atoms with E-state index in [2.05, 4.69) is 10.3 Å². The predicted octanol–water partition coefficient (Wildman–Crippen LogP) is 1.47. The highest BCUT2D eigenvalue weighted by atomic mass is 32.1. The highest BCUT2D eigenvalue weighted by molar-refractivity contribution is 7.22. The Morgan fingerprint density at radius 1 is 1.52 bits per heavy atom. The zero-order valence-corrected chi connectivity index (χ0v) is 14.0. The molecule has 2 N–H and O–H groups in total. The van der Waals surface area contributed by atoms with Crippen molar-refractivity contribution in [3.8, 4) is 5.75 Å². The van der Waals surface area contributed by atoms with Crippen LogP contribution in [0.4, 0.5) is 9.93 Å². The molecule has 1 unspecified atom stereocenters. The van der Waals surface area contributed by atoms with E-state index >= 15 is 0 Å². The van der Waals surface area contributed by atoms with Crippen LogP contribution in [0.25, 0.3) is 10.2 Å². The second-order valence-electron chi connectivity index (χ2n) is 5.19. The third-order valence-electron chi connectivity index (χ3n) is 3.85. The first kappa shape index (κ1) is 16.0. The lowest BCUT2D eigenvalue weighted by Crippen LogP contribution is -2.45. The largest absolute Gasteiger partial charge is 0.494 e. The van der Waals surface area contributed by atoms with Gasteiger partial charge in [-0.3, -0.25) is 10.2 Å². The summed E-state index contributed by atoms with van der Waals surface area (Å²) in [5.74, 6) is 0.698. The number of aromatic nitrogens is 1. The molecule has 0 saturated carbocycles. The Morgan fingerprint density at radius 2 is 2.35 bits per heavy atom. The van der Waals surface area contributed by atoms with Gasteiger partial charge in [-0.15, -0.1) is 0 Å². The minimum atomic E-state index is -0.193. The summed E-state index contributed by atoms with van der Waals surface area (Å²) in [7, 11) is 1.61. The predicted molar refractivity (Wildman–Crippen MR) is 90.2 cm³/mol. The highest BCUT2D eigenvalue weighted by Gasteiger charge is 2.38. The summed E-state index contributed by atoms with van der Waals surface area (Å²) >= 11 is 1.46. The molecule has 0 spiro atoms. The maximum absolute atomic E-state index is 12.6. The van der Waals surface area contributed by atoms with Crippen LogP contribution in [0, 0.1) is 0 Å². The van der Waals surface area contributed by atoms with Gasteiger partial charge < -0.3 is 14.7 Å². The molecule has 23 heavy (non-hydrogen) atoms. The minimum Gasteiger partial charge on any atom is -0.494 e. The summed E-state index contributed by atoms with van der Waals surface area (Å²) in [5, 5.41) is 12.9. The molecule has 124 valence electrons. The van der Waals surface area contributed by atoms with Crippen molar-refractivity contribution < 1.29 is 14.6 Å². The van der Waals surface area contributed by atoms with Crippen LogP contribution in [0.5, 0.6) is 5.75 Å². The molecule has 0 radical (unpaired) electrons. The Bertz CT molecular complexity index is 705. The van der Waals surface area contributed by atoms with E-state index in [0.717, 1.165) is 10.2 Å². The molecule has 7 nitrogen and oxygen atoms in total. The van der Waals surface area contributed by atoms with E-state index in [9.17, 15) is 4.79 Å². The van der Waals surface area contributed by atoms with Crippen molar-refractivity contribution in [2.24, 2.45) is 0 Å². The first-order valence-corrected chi connectivity index (χ1v) is 8.37. The number of carbonyl (C=O) groups excluding carboxylic acids is 1. The summed E-state index contributed by atoms with van der Waals surface area (Å²) in [5.41, 5.74) is 0.763. The van der Waals surface area contributed by atoms with Crippen LogP contribution in [0.2, 0.25) is 0 Å². The average Bonchev–Trinajstić information content (AvgIpc) is 3.12. The standard InChI is InChI=1S/C15H20N4O3S/c1-3-18-9-12(16-7-8-20)19(15(18)21)14-17-13-10(22-2)5-4-6-11(13)23-14/h4-6,12,16,20H,3,7-9H2,1-2H3. The van der Waals surface area contributed by atoms with E-state index in [1.54, 1.807) is 16.9 Å². The Hall–Kier alpha value is -1.90. The molecule has 8 heteroatoms. The number of nitrogens with zero attached hydrogens (tertiary/aromatic N) is 3. The van der Waals surface area contributed by atoms with E-state index in [0.29, 0.717) is 30.5 Å². The Labute approximate surface area is 138 Å². The van der Waals surface area contributed by atoms with Gasteiger partial charge in [0, 0.05) is 13.1 Å². The number of methoxy groups -OCH3 is 1. The van der Waals surface area contributed by atoms with Crippen molar-refractivity contribution in [1.29, 1.82) is 0 Å². The van der Waals surface area contributed by atoms with Crippen molar-refractivity contribution in [1.82, 2.24) is 15.2 Å². The molecular formula is C15H20N4O3S. The maximum Gasteiger partial charge on any atom is 0.327 e. The number of anilines is 1. The number of amides is 2. The molecule has 1 aliphatic heterocycles. The number of aliphatic hydroxyl groups is 1. The Morgan fingerprint density at radius 3 is 3.04 bits per heavy atom. The topological polar surface area (TPSA) is 77.9 Å². The average molecular weight is 336 g/mol. The van der Waals surface area contributed by atoms with E-state index in [1.807, 2.05) is 25.1 Å². The number of aliphatic hydroxyl groups excluding tert-OH is 1. The number of para-hydroxylation sites is 1. The summed E-state index contributed by atoms with van der Waals surface area (Å²) in [6, 6.07) is 5.67. The van der Waals surface area contributed by atoms with Gasteiger partial charge in [-0.05, 0) is 19.1 Å². The number of ether oxygens (including phenoxy) is 1. The minimum absolute atomic E-state index is 0.0261. The van der Waals surface area contributed by atoms with Crippen molar-refractivity contribution in [2.75, 3.05) is 38.3 Å². The maximum atomic E-state index is 12.6. The Kier molecular flexibility index (Phi) is 4.65. The van der Waals surface area contributed by atoms with E-state index in [4.69, 9.17) is 9.84 Å². The second kappa shape index (κ2) is 6.69. The number of benzene rings is 1. The van der Waals surface area contributed by atoms with Gasteiger partial charge in [-0.2, -0.15) is 0 Å². The molecule has 0 bridgehead atoms. The number of nitrogens with one attached hydrogen (secondary N) is 1.